The Bertz CT molecular complexity index is 879. The van der Waals surface area contributed by atoms with E-state index in [-0.39, 0.29) is 0 Å². The maximum Gasteiger partial charge on any atom is 0.122 e. The minimum Gasteiger partial charge on any atom is -0.390 e. The van der Waals surface area contributed by atoms with E-state index in [0.717, 1.165) is 42.8 Å². The predicted octanol–water partition coefficient (Wildman–Crippen LogP) is 6.73. The van der Waals surface area contributed by atoms with Crippen LogP contribution in [0.2, 0.25) is 0 Å². The van der Waals surface area contributed by atoms with E-state index >= 15 is 0 Å². The molecule has 2 saturated carbocycles. The summed E-state index contributed by atoms with van der Waals surface area (Å²) in [5, 5.41) is 20.9. The highest BCUT2D eigenvalue weighted by atomic mass is 32.1. The number of nitrogens with zero attached hydrogens (tertiary/aromatic N) is 3. The van der Waals surface area contributed by atoms with Crippen LogP contribution in [-0.2, 0) is 6.54 Å². The van der Waals surface area contributed by atoms with Crippen molar-refractivity contribution >= 4 is 11.3 Å². The molecule has 2 aliphatic carbocycles. The van der Waals surface area contributed by atoms with Crippen molar-refractivity contribution in [2.75, 3.05) is 0 Å². The van der Waals surface area contributed by atoms with Crippen LogP contribution in [0.4, 0.5) is 0 Å². The van der Waals surface area contributed by atoms with E-state index in [1.165, 1.54) is 43.4 Å². The average molecular weight is 442 g/mol. The van der Waals surface area contributed by atoms with Crippen molar-refractivity contribution in [1.29, 1.82) is 0 Å². The first-order valence-corrected chi connectivity index (χ1v) is 13.0. The number of hydrogen-bond donors (Lipinski definition) is 1. The van der Waals surface area contributed by atoms with E-state index in [4.69, 9.17) is 0 Å². The van der Waals surface area contributed by atoms with Gasteiger partial charge in [-0.25, -0.2) is 4.68 Å². The number of aromatic nitrogens is 3. The van der Waals surface area contributed by atoms with E-state index in [9.17, 15) is 5.11 Å². The standard InChI is InChI=1S/C26H39N3OS/c1-19(8-5-14-25(2,3)30)21-11-12-22-20(9-6-15-26(21,22)4)13-16-29-18-23(27-28-29)24-10-7-17-31-24/h7,10,13,17-19,21-22,30H,5-6,8-9,11-12,14-16H2,1-4H3/b20-13+/t19-,21-,22+,26-/m1/s1. The lowest BCUT2D eigenvalue weighted by Crippen LogP contribution is -2.36. The van der Waals surface area contributed by atoms with Gasteiger partial charge in [-0.3, -0.25) is 0 Å². The van der Waals surface area contributed by atoms with Crippen LogP contribution in [0.5, 0.6) is 0 Å². The maximum absolute atomic E-state index is 10.1. The Kier molecular flexibility index (Phi) is 6.73. The molecule has 5 heteroatoms. The Morgan fingerprint density at radius 1 is 1.39 bits per heavy atom. The van der Waals surface area contributed by atoms with Gasteiger partial charge in [0.2, 0.25) is 0 Å². The molecule has 0 radical (unpaired) electrons. The van der Waals surface area contributed by atoms with Gasteiger partial charge < -0.3 is 5.11 Å². The molecule has 31 heavy (non-hydrogen) atoms. The quantitative estimate of drug-likeness (QED) is 0.462. The van der Waals surface area contributed by atoms with Crippen LogP contribution < -0.4 is 0 Å². The molecule has 170 valence electrons. The van der Waals surface area contributed by atoms with Crippen molar-refractivity contribution in [3.05, 3.63) is 35.4 Å². The van der Waals surface area contributed by atoms with E-state index in [2.05, 4.69) is 53.9 Å². The summed E-state index contributed by atoms with van der Waals surface area (Å²) >= 11 is 1.71. The van der Waals surface area contributed by atoms with Gasteiger partial charge in [-0.15, -0.1) is 16.4 Å². The van der Waals surface area contributed by atoms with Crippen molar-refractivity contribution in [2.45, 2.75) is 91.2 Å². The highest BCUT2D eigenvalue weighted by Crippen LogP contribution is 2.59. The van der Waals surface area contributed by atoms with Gasteiger partial charge >= 0.3 is 0 Å². The van der Waals surface area contributed by atoms with E-state index < -0.39 is 5.60 Å². The maximum atomic E-state index is 10.1. The normalized spacial score (nSPS) is 28.7. The summed E-state index contributed by atoms with van der Waals surface area (Å²) in [7, 11) is 0. The highest BCUT2D eigenvalue weighted by Gasteiger charge is 2.50. The average Bonchev–Trinajstić information content (AvgIpc) is 3.44. The second-order valence-electron chi connectivity index (χ2n) is 10.9. The highest BCUT2D eigenvalue weighted by molar-refractivity contribution is 7.13. The topological polar surface area (TPSA) is 50.9 Å². The number of aliphatic hydroxyl groups is 1. The third-order valence-electron chi connectivity index (χ3n) is 8.03. The second-order valence-corrected chi connectivity index (χ2v) is 11.8. The van der Waals surface area contributed by atoms with Crippen LogP contribution >= 0.6 is 11.3 Å². The van der Waals surface area contributed by atoms with E-state index in [1.54, 1.807) is 16.9 Å². The lowest BCUT2D eigenvalue weighted by molar-refractivity contribution is 0.0596. The summed E-state index contributed by atoms with van der Waals surface area (Å²) in [5.41, 5.74) is 2.53. The molecule has 4 nitrogen and oxygen atoms in total. The zero-order valence-electron chi connectivity index (χ0n) is 19.7. The van der Waals surface area contributed by atoms with Crippen LogP contribution in [0.3, 0.4) is 0 Å². The molecule has 2 aliphatic rings. The fourth-order valence-corrected chi connectivity index (χ4v) is 7.13. The molecule has 4 atom stereocenters. The van der Waals surface area contributed by atoms with Gasteiger partial charge in [-0.05, 0) is 87.0 Å². The van der Waals surface area contributed by atoms with Gasteiger partial charge in [0.15, 0.2) is 0 Å². The van der Waals surface area contributed by atoms with E-state index in [1.807, 2.05) is 18.5 Å². The smallest absolute Gasteiger partial charge is 0.122 e. The molecular weight excluding hydrogens is 402 g/mol. The number of hydrogen-bond acceptors (Lipinski definition) is 4. The molecule has 0 aromatic carbocycles. The molecule has 1 N–H and O–H groups in total. The Morgan fingerprint density at radius 3 is 2.97 bits per heavy atom. The Labute approximate surface area is 191 Å². The number of allylic oxidation sites excluding steroid dienone is 2. The molecule has 0 amide bonds. The van der Waals surface area contributed by atoms with Gasteiger partial charge in [0.1, 0.15) is 5.69 Å². The van der Waals surface area contributed by atoms with Gasteiger partial charge in [0, 0.05) is 0 Å². The SMILES string of the molecule is C[C@H](CCCC(C)(C)O)[C@H]1CC[C@H]2/C(=C/Cn3cc(-c4cccs4)nn3)CCC[C@]12C. The van der Waals surface area contributed by atoms with Crippen LogP contribution in [-0.4, -0.2) is 25.7 Å². The molecule has 0 spiro atoms. The minimum absolute atomic E-state index is 0.433. The van der Waals surface area contributed by atoms with Crippen LogP contribution in [0.15, 0.2) is 35.4 Å². The lowest BCUT2D eigenvalue weighted by Gasteiger charge is -2.44. The van der Waals surface area contributed by atoms with Crippen molar-refractivity contribution in [1.82, 2.24) is 15.0 Å². The number of fused-ring (bicyclic) bond motifs is 1. The first-order chi connectivity index (χ1) is 14.8. The fraction of sp³-hybridized carbons (Fsp3) is 0.692. The summed E-state index contributed by atoms with van der Waals surface area (Å²) in [5.74, 6) is 2.27. The molecule has 2 aromatic heterocycles. The Morgan fingerprint density at radius 2 is 2.23 bits per heavy atom. The lowest BCUT2D eigenvalue weighted by atomic mass is 9.60. The zero-order chi connectivity index (χ0) is 22.1. The number of rotatable bonds is 8. The van der Waals surface area contributed by atoms with Crippen molar-refractivity contribution in [3.63, 3.8) is 0 Å². The summed E-state index contributed by atoms with van der Waals surface area (Å²) in [6.07, 6.45) is 14.4. The fourth-order valence-electron chi connectivity index (χ4n) is 6.45. The molecule has 0 unspecified atom stereocenters. The summed E-state index contributed by atoms with van der Waals surface area (Å²) in [6, 6.07) is 4.16. The van der Waals surface area contributed by atoms with Gasteiger partial charge in [0.05, 0.1) is 23.2 Å². The van der Waals surface area contributed by atoms with E-state index in [0.29, 0.717) is 5.41 Å². The monoisotopic (exact) mass is 441 g/mol. The Hall–Kier alpha value is -1.46. The van der Waals surface area contributed by atoms with Gasteiger partial charge in [0.25, 0.3) is 0 Å². The Balaban J connectivity index is 1.40. The molecule has 0 bridgehead atoms. The molecule has 0 aliphatic heterocycles. The largest absolute Gasteiger partial charge is 0.390 e. The van der Waals surface area contributed by atoms with Crippen molar-refractivity contribution < 1.29 is 5.11 Å². The van der Waals surface area contributed by atoms with Crippen LogP contribution in [0.1, 0.15) is 79.1 Å². The summed E-state index contributed by atoms with van der Waals surface area (Å²) < 4.78 is 1.99. The summed E-state index contributed by atoms with van der Waals surface area (Å²) in [6.45, 7) is 9.72. The third kappa shape index (κ3) is 5.14. The molecule has 2 heterocycles. The van der Waals surface area contributed by atoms with Crippen molar-refractivity contribution in [2.24, 2.45) is 23.2 Å². The zero-order valence-corrected chi connectivity index (χ0v) is 20.5. The van der Waals surface area contributed by atoms with Crippen LogP contribution in [0.25, 0.3) is 10.6 Å². The second kappa shape index (κ2) is 9.19. The molecule has 2 aromatic rings. The van der Waals surface area contributed by atoms with Gasteiger partial charge in [-0.1, -0.05) is 49.6 Å². The first-order valence-electron chi connectivity index (χ1n) is 12.1. The molecule has 4 rings (SSSR count). The third-order valence-corrected chi connectivity index (χ3v) is 8.92. The molecule has 2 fully saturated rings. The number of thiophene rings is 1. The minimum atomic E-state index is -0.534. The van der Waals surface area contributed by atoms with Crippen LogP contribution in [0, 0.1) is 23.2 Å². The molecule has 0 saturated heterocycles. The van der Waals surface area contributed by atoms with Gasteiger partial charge in [-0.2, -0.15) is 0 Å². The summed E-state index contributed by atoms with van der Waals surface area (Å²) in [4.78, 5) is 1.18. The first kappa shape index (κ1) is 22.7. The van der Waals surface area contributed by atoms with Crippen molar-refractivity contribution in [3.8, 4) is 10.6 Å². The molecular formula is C26H39N3OS. The predicted molar refractivity (Wildman–Crippen MR) is 129 cm³/mol.